The minimum absolute atomic E-state index is 0.0455. The summed E-state index contributed by atoms with van der Waals surface area (Å²) in [6.45, 7) is 2.59. The Morgan fingerprint density at radius 2 is 2.05 bits per heavy atom. The Morgan fingerprint density at radius 1 is 1.35 bits per heavy atom. The zero-order chi connectivity index (χ0) is 14.6. The number of nitrogens with one attached hydrogen (secondary N) is 2. The first-order chi connectivity index (χ1) is 9.47. The number of hydrogen-bond donors (Lipinski definition) is 3. The zero-order valence-corrected chi connectivity index (χ0v) is 12.5. The van der Waals surface area contributed by atoms with Crippen molar-refractivity contribution in [2.24, 2.45) is 11.3 Å². The van der Waals surface area contributed by atoms with E-state index in [1.54, 1.807) is 6.07 Å². The fourth-order valence-corrected chi connectivity index (χ4v) is 3.96. The van der Waals surface area contributed by atoms with E-state index in [2.05, 4.69) is 22.1 Å². The average Bonchev–Trinajstić information content (AvgIpc) is 2.46. The monoisotopic (exact) mass is 298 g/mol. The van der Waals surface area contributed by atoms with Crippen LogP contribution >= 0.6 is 0 Å². The maximum absolute atomic E-state index is 12.4. The second-order valence-electron chi connectivity index (χ2n) is 5.69. The van der Waals surface area contributed by atoms with Crippen LogP contribution in [0.25, 0.3) is 0 Å². The lowest BCUT2D eigenvalue weighted by Gasteiger charge is -2.33. The van der Waals surface area contributed by atoms with Gasteiger partial charge in [0.15, 0.2) is 5.82 Å². The quantitative estimate of drug-likeness (QED) is 0.567. The van der Waals surface area contributed by atoms with Gasteiger partial charge in [0.05, 0.1) is 0 Å². The first-order valence-electron chi connectivity index (χ1n) is 6.88. The van der Waals surface area contributed by atoms with Gasteiger partial charge in [-0.2, -0.15) is 0 Å². The molecule has 0 radical (unpaired) electrons. The fourth-order valence-electron chi connectivity index (χ4n) is 2.64. The molecule has 1 saturated carbocycles. The van der Waals surface area contributed by atoms with Crippen LogP contribution in [0.15, 0.2) is 23.2 Å². The number of hydrogen-bond acceptors (Lipinski definition) is 5. The van der Waals surface area contributed by atoms with Crippen LogP contribution in [0.2, 0.25) is 0 Å². The molecule has 1 aromatic rings. The minimum Gasteiger partial charge on any atom is -0.307 e. The second-order valence-corrected chi connectivity index (χ2v) is 7.43. The van der Waals surface area contributed by atoms with Gasteiger partial charge in [0.1, 0.15) is 4.90 Å². The number of aromatic nitrogens is 1. The Morgan fingerprint density at radius 3 is 2.70 bits per heavy atom. The molecule has 0 atom stereocenters. The molecule has 0 aliphatic heterocycles. The molecule has 0 bridgehead atoms. The molecule has 4 N–H and O–H groups in total. The Hall–Kier alpha value is -1.18. The van der Waals surface area contributed by atoms with E-state index < -0.39 is 10.0 Å². The van der Waals surface area contributed by atoms with Crippen molar-refractivity contribution in [2.45, 2.75) is 43.9 Å². The molecule has 0 amide bonds. The summed E-state index contributed by atoms with van der Waals surface area (Å²) in [5.74, 6) is 5.47. The van der Waals surface area contributed by atoms with E-state index in [-0.39, 0.29) is 16.1 Å². The first kappa shape index (κ1) is 15.2. The molecular formula is C13H22N4O2S. The minimum atomic E-state index is -3.60. The highest BCUT2D eigenvalue weighted by Crippen LogP contribution is 2.35. The molecule has 0 spiro atoms. The number of anilines is 1. The molecule has 0 unspecified atom stereocenters. The van der Waals surface area contributed by atoms with E-state index in [9.17, 15) is 8.42 Å². The molecule has 1 fully saturated rings. The molecule has 0 saturated heterocycles. The van der Waals surface area contributed by atoms with Crippen molar-refractivity contribution in [2.75, 3.05) is 12.0 Å². The van der Waals surface area contributed by atoms with Crippen molar-refractivity contribution in [3.63, 3.8) is 0 Å². The Bertz CT molecular complexity index is 553. The number of nitrogens with zero attached hydrogens (tertiary/aromatic N) is 1. The van der Waals surface area contributed by atoms with Crippen LogP contribution in [0.4, 0.5) is 5.82 Å². The fraction of sp³-hybridized carbons (Fsp3) is 0.615. The van der Waals surface area contributed by atoms with E-state index in [4.69, 9.17) is 5.84 Å². The number of nitrogens with two attached hydrogens (primary N) is 1. The molecule has 7 heteroatoms. The van der Waals surface area contributed by atoms with Crippen LogP contribution in [-0.2, 0) is 10.0 Å². The smallest absolute Gasteiger partial charge is 0.244 e. The molecule has 6 nitrogen and oxygen atoms in total. The number of sulfonamides is 1. The summed E-state index contributed by atoms with van der Waals surface area (Å²) in [6, 6.07) is 3.07. The van der Waals surface area contributed by atoms with E-state index in [1.807, 2.05) is 0 Å². The second kappa shape index (κ2) is 6.07. The van der Waals surface area contributed by atoms with Gasteiger partial charge in [0.25, 0.3) is 0 Å². The predicted molar refractivity (Wildman–Crippen MR) is 78.4 cm³/mol. The molecule has 1 aliphatic carbocycles. The van der Waals surface area contributed by atoms with Crippen LogP contribution in [0, 0.1) is 5.41 Å². The van der Waals surface area contributed by atoms with E-state index in [0.717, 1.165) is 12.8 Å². The lowest BCUT2D eigenvalue weighted by molar-refractivity contribution is 0.219. The van der Waals surface area contributed by atoms with Crippen LogP contribution in [0.1, 0.15) is 39.0 Å². The van der Waals surface area contributed by atoms with Gasteiger partial charge in [0, 0.05) is 12.7 Å². The van der Waals surface area contributed by atoms with Gasteiger partial charge in [-0.1, -0.05) is 26.2 Å². The summed E-state index contributed by atoms with van der Waals surface area (Å²) in [5, 5.41) is 0. The van der Waals surface area contributed by atoms with E-state index in [1.165, 1.54) is 31.5 Å². The Balaban J connectivity index is 2.11. The highest BCUT2D eigenvalue weighted by Gasteiger charge is 2.29. The third kappa shape index (κ3) is 3.47. The van der Waals surface area contributed by atoms with Crippen molar-refractivity contribution in [1.82, 2.24) is 9.71 Å². The van der Waals surface area contributed by atoms with Crippen molar-refractivity contribution in [3.05, 3.63) is 18.3 Å². The predicted octanol–water partition coefficient (Wildman–Crippen LogP) is 1.62. The van der Waals surface area contributed by atoms with Gasteiger partial charge in [0.2, 0.25) is 10.0 Å². The largest absolute Gasteiger partial charge is 0.307 e. The Labute approximate surface area is 120 Å². The molecule has 0 aromatic carbocycles. The van der Waals surface area contributed by atoms with Gasteiger partial charge in [-0.15, -0.1) is 0 Å². The maximum atomic E-state index is 12.4. The zero-order valence-electron chi connectivity index (χ0n) is 11.7. The van der Waals surface area contributed by atoms with Crippen LogP contribution in [-0.4, -0.2) is 19.9 Å². The summed E-state index contributed by atoms with van der Waals surface area (Å²) in [4.78, 5) is 4.01. The normalized spacial score (nSPS) is 18.7. The number of pyridine rings is 1. The molecule has 1 aromatic heterocycles. The van der Waals surface area contributed by atoms with Gasteiger partial charge in [-0.3, -0.25) is 0 Å². The van der Waals surface area contributed by atoms with E-state index >= 15 is 0 Å². The summed E-state index contributed by atoms with van der Waals surface area (Å²) >= 11 is 0. The SMILES string of the molecule is CC1(CNS(=O)(=O)c2cccnc2NN)CCCCC1. The lowest BCUT2D eigenvalue weighted by Crippen LogP contribution is -2.37. The summed E-state index contributed by atoms with van der Waals surface area (Å²) in [7, 11) is -3.60. The molecule has 1 aliphatic rings. The van der Waals surface area contributed by atoms with Crippen molar-refractivity contribution >= 4 is 15.8 Å². The summed E-state index contributed by atoms with van der Waals surface area (Å²) in [6.07, 6.45) is 7.19. The maximum Gasteiger partial charge on any atom is 0.244 e. The van der Waals surface area contributed by atoms with Gasteiger partial charge in [-0.25, -0.2) is 24.0 Å². The highest BCUT2D eigenvalue weighted by molar-refractivity contribution is 7.89. The average molecular weight is 298 g/mol. The molecular weight excluding hydrogens is 276 g/mol. The highest BCUT2D eigenvalue weighted by atomic mass is 32.2. The lowest BCUT2D eigenvalue weighted by atomic mass is 9.76. The molecule has 20 heavy (non-hydrogen) atoms. The van der Waals surface area contributed by atoms with Crippen LogP contribution in [0.5, 0.6) is 0 Å². The third-order valence-corrected chi connectivity index (χ3v) is 5.38. The first-order valence-corrected chi connectivity index (χ1v) is 8.36. The van der Waals surface area contributed by atoms with Crippen LogP contribution in [0.3, 0.4) is 0 Å². The van der Waals surface area contributed by atoms with Crippen molar-refractivity contribution < 1.29 is 8.42 Å². The standard InChI is InChI=1S/C13H22N4O2S/c1-13(7-3-2-4-8-13)10-16-20(18,19)11-6-5-9-15-12(11)17-14/h5-6,9,16H,2-4,7-8,10,14H2,1H3,(H,15,17). The van der Waals surface area contributed by atoms with Gasteiger partial charge < -0.3 is 5.43 Å². The topological polar surface area (TPSA) is 97.1 Å². The Kier molecular flexibility index (Phi) is 4.62. The van der Waals surface area contributed by atoms with Crippen molar-refractivity contribution in [1.29, 1.82) is 0 Å². The number of hydrazine groups is 1. The van der Waals surface area contributed by atoms with Crippen molar-refractivity contribution in [3.8, 4) is 0 Å². The summed E-state index contributed by atoms with van der Waals surface area (Å²) in [5.41, 5.74) is 2.36. The molecule has 2 rings (SSSR count). The van der Waals surface area contributed by atoms with Gasteiger partial charge >= 0.3 is 0 Å². The number of nitrogen functional groups attached to an aromatic ring is 1. The number of rotatable bonds is 5. The van der Waals surface area contributed by atoms with Crippen LogP contribution < -0.4 is 16.0 Å². The third-order valence-electron chi connectivity index (χ3n) is 3.95. The van der Waals surface area contributed by atoms with Gasteiger partial charge in [-0.05, 0) is 30.4 Å². The van der Waals surface area contributed by atoms with E-state index in [0.29, 0.717) is 6.54 Å². The molecule has 1 heterocycles. The molecule has 112 valence electrons. The summed E-state index contributed by atoms with van der Waals surface area (Å²) < 4.78 is 27.4.